The number of benzene rings is 1. The molecule has 0 heterocycles. The Morgan fingerprint density at radius 1 is 1.73 bits per heavy atom. The van der Waals surface area contributed by atoms with E-state index in [9.17, 15) is 4.39 Å². The first-order valence-corrected chi connectivity index (χ1v) is 3.07. The molecule has 11 heavy (non-hydrogen) atoms. The Balaban J connectivity index is 2.86. The third-order valence-electron chi connectivity index (χ3n) is 1.13. The van der Waals surface area contributed by atoms with Gasteiger partial charge < -0.3 is 4.84 Å². The van der Waals surface area contributed by atoms with Crippen molar-refractivity contribution >= 4 is 6.21 Å². The van der Waals surface area contributed by atoms with Crippen LogP contribution in [0.4, 0.5) is 4.39 Å². The highest BCUT2D eigenvalue weighted by molar-refractivity contribution is 5.79. The molecule has 0 aliphatic rings. The molecule has 57 valence electrons. The predicted octanol–water partition coefficient (Wildman–Crippen LogP) is 1.61. The minimum Gasteiger partial charge on any atom is -0.399 e. The molecule has 0 N–H and O–H groups in total. The van der Waals surface area contributed by atoms with E-state index in [4.69, 9.17) is 0 Å². The van der Waals surface area contributed by atoms with Gasteiger partial charge in [-0.05, 0) is 0 Å². The quantitative estimate of drug-likeness (QED) is 0.466. The summed E-state index contributed by atoms with van der Waals surface area (Å²) in [6, 6.07) is 7.17. The van der Waals surface area contributed by atoms with Crippen LogP contribution in [0.2, 0.25) is 0 Å². The molecule has 0 atom stereocenters. The maximum absolute atomic E-state index is 12.7. The molecular formula is C8H7FNO. The largest absolute Gasteiger partial charge is 0.399 e. The molecule has 1 rings (SSSR count). The van der Waals surface area contributed by atoms with E-state index >= 15 is 0 Å². The Hall–Kier alpha value is -1.38. The van der Waals surface area contributed by atoms with Crippen LogP contribution in [-0.2, 0) is 4.84 Å². The monoisotopic (exact) mass is 152 g/mol. The second kappa shape index (κ2) is 3.71. The minimum absolute atomic E-state index is 0.370. The van der Waals surface area contributed by atoms with Crippen LogP contribution >= 0.6 is 0 Å². The van der Waals surface area contributed by atoms with Crippen LogP contribution < -0.4 is 0 Å². The third-order valence-corrected chi connectivity index (χ3v) is 1.13. The summed E-state index contributed by atoms with van der Waals surface area (Å²) in [6.45, 7) is 0. The lowest BCUT2D eigenvalue weighted by atomic mass is 10.2. The number of hydrogen-bond acceptors (Lipinski definition) is 2. The Kier molecular flexibility index (Phi) is 2.60. The standard InChI is InChI=1S/C8H7FNO/c1-11-10-6-7-4-2-3-5-8(7)9/h2-4,6H,1H3. The number of nitrogens with zero attached hydrogens (tertiary/aromatic N) is 1. The average Bonchev–Trinajstić information content (AvgIpc) is 2.03. The number of halogens is 1. The number of hydrogen-bond donors (Lipinski definition) is 0. The molecule has 0 unspecified atom stereocenters. The van der Waals surface area contributed by atoms with Gasteiger partial charge in [-0.15, -0.1) is 0 Å². The van der Waals surface area contributed by atoms with Gasteiger partial charge in [0.15, 0.2) is 0 Å². The fourth-order valence-corrected chi connectivity index (χ4v) is 0.639. The summed E-state index contributed by atoms with van der Waals surface area (Å²) >= 11 is 0. The van der Waals surface area contributed by atoms with Gasteiger partial charge in [-0.3, -0.25) is 0 Å². The molecule has 0 saturated carbocycles. The summed E-state index contributed by atoms with van der Waals surface area (Å²) < 4.78 is 12.7. The van der Waals surface area contributed by atoms with Crippen LogP contribution in [0.5, 0.6) is 0 Å². The van der Waals surface area contributed by atoms with Crippen molar-refractivity contribution in [2.75, 3.05) is 7.11 Å². The second-order valence-electron chi connectivity index (χ2n) is 1.86. The summed E-state index contributed by atoms with van der Waals surface area (Å²) in [4.78, 5) is 4.39. The maximum Gasteiger partial charge on any atom is 0.140 e. The van der Waals surface area contributed by atoms with Gasteiger partial charge >= 0.3 is 0 Å². The predicted molar refractivity (Wildman–Crippen MR) is 39.8 cm³/mol. The van der Waals surface area contributed by atoms with Gasteiger partial charge in [0.2, 0.25) is 0 Å². The highest BCUT2D eigenvalue weighted by Crippen LogP contribution is 2.01. The van der Waals surface area contributed by atoms with Gasteiger partial charge in [0.05, 0.1) is 6.21 Å². The zero-order valence-electron chi connectivity index (χ0n) is 6.04. The van der Waals surface area contributed by atoms with E-state index in [1.807, 2.05) is 0 Å². The van der Waals surface area contributed by atoms with E-state index < -0.39 is 5.82 Å². The molecule has 0 saturated heterocycles. The molecule has 1 aromatic carbocycles. The first kappa shape index (κ1) is 7.72. The smallest absolute Gasteiger partial charge is 0.140 e. The third kappa shape index (κ3) is 2.04. The Morgan fingerprint density at radius 3 is 3.18 bits per heavy atom. The van der Waals surface area contributed by atoms with Gasteiger partial charge in [-0.25, -0.2) is 4.39 Å². The van der Waals surface area contributed by atoms with Gasteiger partial charge in [0.1, 0.15) is 12.9 Å². The molecule has 3 heteroatoms. The Morgan fingerprint density at radius 2 is 2.55 bits per heavy atom. The van der Waals surface area contributed by atoms with Crippen LogP contribution in [0.15, 0.2) is 23.4 Å². The molecule has 0 aliphatic heterocycles. The Labute approximate surface area is 64.3 Å². The summed E-state index contributed by atoms with van der Waals surface area (Å²) in [7, 11) is 1.40. The van der Waals surface area contributed by atoms with Gasteiger partial charge in [-0.2, -0.15) is 0 Å². The zero-order chi connectivity index (χ0) is 8.10. The topological polar surface area (TPSA) is 21.6 Å². The van der Waals surface area contributed by atoms with Crippen LogP contribution in [0, 0.1) is 11.9 Å². The number of rotatable bonds is 2. The van der Waals surface area contributed by atoms with Crippen molar-refractivity contribution in [2.45, 2.75) is 0 Å². The molecule has 0 amide bonds. The molecule has 0 bridgehead atoms. The lowest BCUT2D eigenvalue weighted by molar-refractivity contribution is 0.215. The van der Waals surface area contributed by atoms with Crippen molar-refractivity contribution in [1.82, 2.24) is 0 Å². The molecule has 2 nitrogen and oxygen atoms in total. The van der Waals surface area contributed by atoms with E-state index in [0.717, 1.165) is 0 Å². The van der Waals surface area contributed by atoms with E-state index in [-0.39, 0.29) is 0 Å². The lowest BCUT2D eigenvalue weighted by Crippen LogP contribution is -1.87. The Bertz CT molecular complexity index is 260. The van der Waals surface area contributed by atoms with Gasteiger partial charge in [0, 0.05) is 11.6 Å². The van der Waals surface area contributed by atoms with Crippen molar-refractivity contribution in [3.05, 3.63) is 35.6 Å². The van der Waals surface area contributed by atoms with Crippen LogP contribution in [0.1, 0.15) is 5.56 Å². The van der Waals surface area contributed by atoms with Crippen molar-refractivity contribution in [3.63, 3.8) is 0 Å². The highest BCUT2D eigenvalue weighted by Gasteiger charge is 1.95. The van der Waals surface area contributed by atoms with Crippen molar-refractivity contribution < 1.29 is 9.23 Å². The summed E-state index contributed by atoms with van der Waals surface area (Å²) in [5.74, 6) is -0.423. The molecule has 0 aliphatic carbocycles. The summed E-state index contributed by atoms with van der Waals surface area (Å²) in [5, 5.41) is 3.42. The molecule has 1 aromatic rings. The SMILES string of the molecule is CON=Cc1ccc[c]c1F. The highest BCUT2D eigenvalue weighted by atomic mass is 19.1. The van der Waals surface area contributed by atoms with Crippen LogP contribution in [0.3, 0.4) is 0 Å². The zero-order valence-corrected chi connectivity index (χ0v) is 6.04. The van der Waals surface area contributed by atoms with Gasteiger partial charge in [0.25, 0.3) is 0 Å². The molecular weight excluding hydrogens is 145 g/mol. The summed E-state index contributed by atoms with van der Waals surface area (Å²) in [6.07, 6.45) is 1.30. The van der Waals surface area contributed by atoms with Gasteiger partial charge in [-0.1, -0.05) is 23.4 Å². The average molecular weight is 152 g/mol. The fourth-order valence-electron chi connectivity index (χ4n) is 0.639. The van der Waals surface area contributed by atoms with Crippen molar-refractivity contribution in [2.24, 2.45) is 5.16 Å². The molecule has 0 fully saturated rings. The lowest BCUT2D eigenvalue weighted by Gasteiger charge is -1.92. The molecule has 0 spiro atoms. The first-order chi connectivity index (χ1) is 5.34. The normalized spacial score (nSPS) is 10.4. The molecule has 0 aromatic heterocycles. The van der Waals surface area contributed by atoms with Crippen LogP contribution in [0.25, 0.3) is 0 Å². The van der Waals surface area contributed by atoms with E-state index in [1.165, 1.54) is 19.4 Å². The second-order valence-corrected chi connectivity index (χ2v) is 1.86. The first-order valence-electron chi connectivity index (χ1n) is 3.07. The van der Waals surface area contributed by atoms with Crippen molar-refractivity contribution in [3.8, 4) is 0 Å². The van der Waals surface area contributed by atoms with Crippen LogP contribution in [-0.4, -0.2) is 13.3 Å². The summed E-state index contributed by atoms with van der Waals surface area (Å²) in [5.41, 5.74) is 0.370. The fraction of sp³-hybridized carbons (Fsp3) is 0.125. The number of oxime groups is 1. The van der Waals surface area contributed by atoms with E-state index in [2.05, 4.69) is 16.1 Å². The maximum atomic E-state index is 12.7. The van der Waals surface area contributed by atoms with E-state index in [0.29, 0.717) is 5.56 Å². The molecule has 1 radical (unpaired) electrons. The van der Waals surface area contributed by atoms with Crippen molar-refractivity contribution in [1.29, 1.82) is 0 Å². The van der Waals surface area contributed by atoms with E-state index in [1.54, 1.807) is 12.1 Å². The minimum atomic E-state index is -0.423.